The summed E-state index contributed by atoms with van der Waals surface area (Å²) in [4.78, 5) is 37.5. The molecule has 27 heavy (non-hydrogen) atoms. The lowest BCUT2D eigenvalue weighted by atomic mass is 10.1. The Bertz CT molecular complexity index is 917. The lowest BCUT2D eigenvalue weighted by molar-refractivity contribution is -0.122. The van der Waals surface area contributed by atoms with Crippen LogP contribution in [0.1, 0.15) is 13.3 Å². The van der Waals surface area contributed by atoms with Gasteiger partial charge in [0.15, 0.2) is 0 Å². The summed E-state index contributed by atoms with van der Waals surface area (Å²) in [6, 6.07) is 11.8. The highest BCUT2D eigenvalue weighted by Gasteiger charge is 2.35. The van der Waals surface area contributed by atoms with Gasteiger partial charge in [-0.05, 0) is 30.3 Å². The average molecular weight is 406 g/mol. The first-order chi connectivity index (χ1) is 12.8. The molecule has 1 heterocycles. The van der Waals surface area contributed by atoms with Crippen LogP contribution in [0.3, 0.4) is 0 Å². The topological polar surface area (TPSA) is 78.5 Å². The Labute approximate surface area is 166 Å². The molecule has 6 nitrogen and oxygen atoms in total. The Morgan fingerprint density at radius 3 is 2.48 bits per heavy atom. The molecule has 2 aromatic rings. The quantitative estimate of drug-likeness (QED) is 0.807. The highest BCUT2D eigenvalue weighted by atomic mass is 35.5. The number of hydrogen-bond acceptors (Lipinski definition) is 3. The summed E-state index contributed by atoms with van der Waals surface area (Å²) in [5.74, 6) is -1.16. The molecule has 8 heteroatoms. The summed E-state index contributed by atoms with van der Waals surface area (Å²) in [6.45, 7) is 1.64. The van der Waals surface area contributed by atoms with Crippen LogP contribution in [0.2, 0.25) is 10.0 Å². The summed E-state index contributed by atoms with van der Waals surface area (Å²) in [5.41, 5.74) is 1.55. The second-order valence-electron chi connectivity index (χ2n) is 6.22. The molecule has 0 saturated carbocycles. The van der Waals surface area contributed by atoms with Crippen LogP contribution in [-0.2, 0) is 14.4 Å². The van der Waals surface area contributed by atoms with Gasteiger partial charge in [0, 0.05) is 25.6 Å². The Morgan fingerprint density at radius 2 is 1.81 bits per heavy atom. The molecule has 2 aromatic carbocycles. The van der Waals surface area contributed by atoms with E-state index < -0.39 is 5.92 Å². The minimum Gasteiger partial charge on any atom is -0.326 e. The fraction of sp³-hybridized carbons (Fsp3) is 0.211. The summed E-state index contributed by atoms with van der Waals surface area (Å²) >= 11 is 12.3. The number of amides is 3. The van der Waals surface area contributed by atoms with Crippen LogP contribution >= 0.6 is 23.2 Å². The number of hydrogen-bond donors (Lipinski definition) is 2. The molecule has 1 aliphatic heterocycles. The van der Waals surface area contributed by atoms with Gasteiger partial charge >= 0.3 is 0 Å². The predicted octanol–water partition coefficient (Wildman–Crippen LogP) is 3.94. The van der Waals surface area contributed by atoms with Crippen LogP contribution in [0.15, 0.2) is 42.5 Å². The minimum absolute atomic E-state index is 0.106. The molecule has 1 atom stereocenters. The van der Waals surface area contributed by atoms with Crippen molar-refractivity contribution in [3.05, 3.63) is 52.5 Å². The van der Waals surface area contributed by atoms with Gasteiger partial charge in [-0.25, -0.2) is 0 Å². The van der Waals surface area contributed by atoms with Gasteiger partial charge in [0.2, 0.25) is 17.7 Å². The largest absolute Gasteiger partial charge is 0.326 e. The first kappa shape index (κ1) is 19.2. The molecule has 0 radical (unpaired) electrons. The van der Waals surface area contributed by atoms with Crippen molar-refractivity contribution in [3.63, 3.8) is 0 Å². The van der Waals surface area contributed by atoms with E-state index in [4.69, 9.17) is 23.2 Å². The molecular weight excluding hydrogens is 389 g/mol. The maximum Gasteiger partial charge on any atom is 0.229 e. The van der Waals surface area contributed by atoms with Crippen molar-refractivity contribution in [2.45, 2.75) is 13.3 Å². The third-order valence-electron chi connectivity index (χ3n) is 4.19. The standard InChI is InChI=1S/C19H17Cl2N3O3/c1-11(25)22-16-7-6-13(9-15(16)21)23-19(27)12-8-18(26)24(10-12)17-5-3-2-4-14(17)20/h2-7,9,12H,8,10H2,1H3,(H,22,25)(H,23,27)/t12-/m0/s1. The SMILES string of the molecule is CC(=O)Nc1ccc(NC(=O)[C@H]2CC(=O)N(c3ccccc3Cl)C2)cc1Cl. The first-order valence-electron chi connectivity index (χ1n) is 8.28. The number of benzene rings is 2. The average Bonchev–Trinajstić information content (AvgIpc) is 2.99. The van der Waals surface area contributed by atoms with E-state index in [9.17, 15) is 14.4 Å². The van der Waals surface area contributed by atoms with E-state index in [0.717, 1.165) is 0 Å². The summed E-state index contributed by atoms with van der Waals surface area (Å²) < 4.78 is 0. The van der Waals surface area contributed by atoms with Crippen LogP contribution in [0.5, 0.6) is 0 Å². The van der Waals surface area contributed by atoms with Crippen LogP contribution in [0, 0.1) is 5.92 Å². The van der Waals surface area contributed by atoms with Gasteiger partial charge in [-0.2, -0.15) is 0 Å². The van der Waals surface area contributed by atoms with E-state index in [1.54, 1.807) is 42.5 Å². The zero-order chi connectivity index (χ0) is 19.6. The predicted molar refractivity (Wildman–Crippen MR) is 106 cm³/mol. The molecule has 2 N–H and O–H groups in total. The fourth-order valence-electron chi connectivity index (χ4n) is 2.91. The van der Waals surface area contributed by atoms with E-state index >= 15 is 0 Å². The van der Waals surface area contributed by atoms with Crippen molar-refractivity contribution in [1.29, 1.82) is 0 Å². The number of anilines is 3. The highest BCUT2D eigenvalue weighted by Crippen LogP contribution is 2.32. The smallest absolute Gasteiger partial charge is 0.229 e. The molecule has 1 aliphatic rings. The second kappa shape index (κ2) is 7.98. The maximum atomic E-state index is 12.6. The number of rotatable bonds is 4. The van der Waals surface area contributed by atoms with Crippen molar-refractivity contribution in [2.75, 3.05) is 22.1 Å². The summed E-state index contributed by atoms with van der Waals surface area (Å²) in [5, 5.41) is 6.13. The van der Waals surface area contributed by atoms with Gasteiger partial charge in [0.1, 0.15) is 0 Å². The van der Waals surface area contributed by atoms with E-state index in [1.807, 2.05) is 0 Å². The zero-order valence-corrected chi connectivity index (χ0v) is 16.0. The van der Waals surface area contributed by atoms with E-state index in [0.29, 0.717) is 27.1 Å². The molecular formula is C19H17Cl2N3O3. The fourth-order valence-corrected chi connectivity index (χ4v) is 3.38. The van der Waals surface area contributed by atoms with E-state index in [2.05, 4.69) is 10.6 Å². The number of carbonyl (C=O) groups is 3. The molecule has 1 saturated heterocycles. The zero-order valence-electron chi connectivity index (χ0n) is 14.5. The van der Waals surface area contributed by atoms with Crippen LogP contribution in [0.25, 0.3) is 0 Å². The minimum atomic E-state index is -0.498. The monoisotopic (exact) mass is 405 g/mol. The van der Waals surface area contributed by atoms with Gasteiger partial charge in [-0.15, -0.1) is 0 Å². The Balaban J connectivity index is 1.69. The molecule has 0 aliphatic carbocycles. The molecule has 140 valence electrons. The lowest BCUT2D eigenvalue weighted by Crippen LogP contribution is -2.28. The van der Waals surface area contributed by atoms with Crippen LogP contribution in [0.4, 0.5) is 17.1 Å². The molecule has 0 bridgehead atoms. The first-order valence-corrected chi connectivity index (χ1v) is 9.03. The van der Waals surface area contributed by atoms with Gasteiger partial charge in [-0.1, -0.05) is 35.3 Å². The van der Waals surface area contributed by atoms with Crippen LogP contribution < -0.4 is 15.5 Å². The van der Waals surface area contributed by atoms with Crippen molar-refractivity contribution in [3.8, 4) is 0 Å². The molecule has 3 rings (SSSR count). The Morgan fingerprint density at radius 1 is 1.07 bits per heavy atom. The maximum absolute atomic E-state index is 12.6. The van der Waals surface area contributed by atoms with E-state index in [1.165, 1.54) is 11.8 Å². The molecule has 0 spiro atoms. The number of para-hydroxylation sites is 1. The lowest BCUT2D eigenvalue weighted by Gasteiger charge is -2.18. The van der Waals surface area contributed by atoms with Crippen molar-refractivity contribution in [1.82, 2.24) is 0 Å². The Hall–Kier alpha value is -2.57. The number of halogens is 2. The van der Waals surface area contributed by atoms with E-state index in [-0.39, 0.29) is 30.7 Å². The molecule has 3 amide bonds. The second-order valence-corrected chi connectivity index (χ2v) is 7.04. The van der Waals surface area contributed by atoms with Gasteiger partial charge in [-0.3, -0.25) is 14.4 Å². The normalized spacial score (nSPS) is 16.3. The van der Waals surface area contributed by atoms with Gasteiger partial charge in [0.05, 0.1) is 27.3 Å². The molecule has 0 unspecified atom stereocenters. The number of nitrogens with zero attached hydrogens (tertiary/aromatic N) is 1. The van der Waals surface area contributed by atoms with Crippen molar-refractivity contribution in [2.24, 2.45) is 5.92 Å². The molecule has 1 fully saturated rings. The van der Waals surface area contributed by atoms with Crippen molar-refractivity contribution >= 4 is 58.0 Å². The number of carbonyl (C=O) groups excluding carboxylic acids is 3. The molecule has 0 aromatic heterocycles. The summed E-state index contributed by atoms with van der Waals surface area (Å²) in [7, 11) is 0. The highest BCUT2D eigenvalue weighted by molar-refractivity contribution is 6.34. The third kappa shape index (κ3) is 4.40. The summed E-state index contributed by atoms with van der Waals surface area (Å²) in [6.07, 6.45) is 0.106. The number of nitrogens with one attached hydrogen (secondary N) is 2. The van der Waals surface area contributed by atoms with Gasteiger partial charge in [0.25, 0.3) is 0 Å². The van der Waals surface area contributed by atoms with Crippen LogP contribution in [-0.4, -0.2) is 24.3 Å². The Kier molecular flexibility index (Phi) is 5.68. The third-order valence-corrected chi connectivity index (χ3v) is 4.82. The van der Waals surface area contributed by atoms with Crippen molar-refractivity contribution < 1.29 is 14.4 Å². The van der Waals surface area contributed by atoms with Gasteiger partial charge < -0.3 is 15.5 Å².